The van der Waals surface area contributed by atoms with Gasteiger partial charge in [0.15, 0.2) is 5.69 Å². The molecule has 1 atom stereocenters. The fourth-order valence-electron chi connectivity index (χ4n) is 2.72. The van der Waals surface area contributed by atoms with E-state index in [9.17, 15) is 23.1 Å². The highest BCUT2D eigenvalue weighted by Gasteiger charge is 2.31. The molecule has 1 amide bonds. The van der Waals surface area contributed by atoms with Gasteiger partial charge in [0.2, 0.25) is 0 Å². The normalized spacial score (nSPS) is 18.1. The molecule has 0 radical (unpaired) electrons. The third kappa shape index (κ3) is 3.93. The van der Waals surface area contributed by atoms with Crippen LogP contribution >= 0.6 is 0 Å². The van der Waals surface area contributed by atoms with E-state index in [1.165, 1.54) is 6.07 Å². The molecule has 2 heterocycles. The topological polar surface area (TPSA) is 79.2 Å². The van der Waals surface area contributed by atoms with E-state index in [2.05, 4.69) is 15.7 Å². The smallest absolute Gasteiger partial charge is 0.416 e. The molecule has 1 saturated heterocycles. The molecule has 25 heavy (non-hydrogen) atoms. The number of rotatable bonds is 3. The first-order valence-electron chi connectivity index (χ1n) is 7.82. The number of aromatic nitrogens is 2. The maximum absolute atomic E-state index is 12.8. The fourth-order valence-corrected chi connectivity index (χ4v) is 2.72. The van der Waals surface area contributed by atoms with Crippen molar-refractivity contribution in [2.24, 2.45) is 0 Å². The molecule has 0 bridgehead atoms. The predicted octanol–water partition coefficient (Wildman–Crippen LogP) is 2.78. The van der Waals surface area contributed by atoms with Gasteiger partial charge in [-0.25, -0.2) is 0 Å². The summed E-state index contributed by atoms with van der Waals surface area (Å²) in [6, 6.07) is 3.96. The number of phenolic OH excluding ortho intramolecular Hbond substituents is 1. The van der Waals surface area contributed by atoms with Gasteiger partial charge in [-0.15, -0.1) is 0 Å². The van der Waals surface area contributed by atoms with E-state index in [1.807, 2.05) is 0 Å². The maximum atomic E-state index is 12.8. The molecule has 0 saturated carbocycles. The standard InChI is InChI=1S/C16H17F3N4O2/c17-16(18,19)10-3-4-14(24)13(8-10)21-15(25)12-5-7-23(22-12)11-2-1-6-20-9-11/h3-5,7-8,11,20,24H,1-2,6,9H2,(H,21,25). The van der Waals surface area contributed by atoms with Crippen molar-refractivity contribution in [3.05, 3.63) is 41.7 Å². The molecule has 1 aromatic heterocycles. The molecule has 1 unspecified atom stereocenters. The van der Waals surface area contributed by atoms with Crippen LogP contribution in [0.5, 0.6) is 5.75 Å². The summed E-state index contributed by atoms with van der Waals surface area (Å²) >= 11 is 0. The molecule has 2 aromatic rings. The number of halogens is 3. The van der Waals surface area contributed by atoms with Crippen LogP contribution in [0.2, 0.25) is 0 Å². The lowest BCUT2D eigenvalue weighted by atomic mass is 10.1. The van der Waals surface area contributed by atoms with Gasteiger partial charge < -0.3 is 15.7 Å². The molecule has 1 aromatic carbocycles. The van der Waals surface area contributed by atoms with E-state index < -0.39 is 23.4 Å². The first kappa shape index (κ1) is 17.3. The summed E-state index contributed by atoms with van der Waals surface area (Å²) in [4.78, 5) is 12.2. The molecule has 9 heteroatoms. The van der Waals surface area contributed by atoms with Crippen LogP contribution in [0.4, 0.5) is 18.9 Å². The van der Waals surface area contributed by atoms with Gasteiger partial charge in [0.25, 0.3) is 5.91 Å². The average Bonchev–Trinajstić information content (AvgIpc) is 3.07. The molecular formula is C16H17F3N4O2. The van der Waals surface area contributed by atoms with E-state index >= 15 is 0 Å². The summed E-state index contributed by atoms with van der Waals surface area (Å²) in [6.45, 7) is 1.69. The molecule has 3 rings (SSSR count). The number of carbonyl (C=O) groups is 1. The van der Waals surface area contributed by atoms with Gasteiger partial charge in [0, 0.05) is 12.7 Å². The zero-order valence-corrected chi connectivity index (χ0v) is 13.2. The Kier molecular flexibility index (Phi) is 4.67. The third-order valence-corrected chi connectivity index (χ3v) is 4.06. The molecule has 134 valence electrons. The molecule has 3 N–H and O–H groups in total. The lowest BCUT2D eigenvalue weighted by Crippen LogP contribution is -2.32. The maximum Gasteiger partial charge on any atom is 0.416 e. The minimum Gasteiger partial charge on any atom is -0.506 e. The van der Waals surface area contributed by atoms with Crippen molar-refractivity contribution in [2.45, 2.75) is 25.1 Å². The minimum atomic E-state index is -4.57. The number of aromatic hydroxyl groups is 1. The molecule has 1 fully saturated rings. The van der Waals surface area contributed by atoms with Crippen LogP contribution in [0.1, 0.15) is 34.9 Å². The summed E-state index contributed by atoms with van der Waals surface area (Å²) < 4.78 is 39.9. The minimum absolute atomic E-state index is 0.0717. The summed E-state index contributed by atoms with van der Waals surface area (Å²) in [5.74, 6) is -1.13. The van der Waals surface area contributed by atoms with Crippen molar-refractivity contribution in [3.8, 4) is 5.75 Å². The Hall–Kier alpha value is -2.55. The Bertz CT molecular complexity index is 767. The average molecular weight is 354 g/mol. The molecule has 6 nitrogen and oxygen atoms in total. The van der Waals surface area contributed by atoms with Gasteiger partial charge in [-0.1, -0.05) is 0 Å². The zero-order valence-electron chi connectivity index (χ0n) is 13.2. The van der Waals surface area contributed by atoms with Crippen molar-refractivity contribution in [1.82, 2.24) is 15.1 Å². The highest BCUT2D eigenvalue weighted by molar-refractivity contribution is 6.03. The Morgan fingerprint density at radius 2 is 2.16 bits per heavy atom. The first-order chi connectivity index (χ1) is 11.8. The van der Waals surface area contributed by atoms with Crippen molar-refractivity contribution >= 4 is 11.6 Å². The van der Waals surface area contributed by atoms with Gasteiger partial charge in [0.1, 0.15) is 5.75 Å². The largest absolute Gasteiger partial charge is 0.506 e. The van der Waals surface area contributed by atoms with Crippen LogP contribution < -0.4 is 10.6 Å². The number of piperidine rings is 1. The SMILES string of the molecule is O=C(Nc1cc(C(F)(F)F)ccc1O)c1ccn(C2CCCNC2)n1. The summed E-state index contributed by atoms with van der Waals surface area (Å²) in [5, 5.41) is 19.4. The van der Waals surface area contributed by atoms with Crippen LogP contribution in [0, 0.1) is 0 Å². The number of phenols is 1. The number of alkyl halides is 3. The summed E-state index contributed by atoms with van der Waals surface area (Å²) in [6.07, 6.45) is -0.963. The number of carbonyl (C=O) groups excluding carboxylic acids is 1. The Labute approximate surface area is 141 Å². The highest BCUT2D eigenvalue weighted by Crippen LogP contribution is 2.34. The van der Waals surface area contributed by atoms with E-state index in [0.29, 0.717) is 6.07 Å². The number of nitrogens with one attached hydrogen (secondary N) is 2. The Balaban J connectivity index is 1.75. The molecule has 0 aliphatic carbocycles. The number of hydrogen-bond acceptors (Lipinski definition) is 4. The van der Waals surface area contributed by atoms with Crippen molar-refractivity contribution in [3.63, 3.8) is 0 Å². The molecule has 1 aliphatic heterocycles. The second-order valence-electron chi connectivity index (χ2n) is 5.86. The van der Waals surface area contributed by atoms with E-state index in [4.69, 9.17) is 0 Å². The first-order valence-corrected chi connectivity index (χ1v) is 7.82. The lowest BCUT2D eigenvalue weighted by Gasteiger charge is -2.22. The number of amides is 1. The molecule has 0 spiro atoms. The zero-order chi connectivity index (χ0) is 18.0. The second kappa shape index (κ2) is 6.75. The quantitative estimate of drug-likeness (QED) is 0.741. The molecular weight excluding hydrogens is 337 g/mol. The van der Waals surface area contributed by atoms with E-state index in [-0.39, 0.29) is 17.4 Å². The number of benzene rings is 1. The lowest BCUT2D eigenvalue weighted by molar-refractivity contribution is -0.137. The van der Waals surface area contributed by atoms with Gasteiger partial charge in [0.05, 0.1) is 17.3 Å². The number of hydrogen-bond donors (Lipinski definition) is 3. The van der Waals surface area contributed by atoms with Crippen LogP contribution in [0.25, 0.3) is 0 Å². The van der Waals surface area contributed by atoms with Gasteiger partial charge in [-0.05, 0) is 43.7 Å². The van der Waals surface area contributed by atoms with Gasteiger partial charge in [-0.2, -0.15) is 18.3 Å². The monoisotopic (exact) mass is 354 g/mol. The van der Waals surface area contributed by atoms with E-state index in [1.54, 1.807) is 10.9 Å². The van der Waals surface area contributed by atoms with Crippen molar-refractivity contribution in [2.75, 3.05) is 18.4 Å². The second-order valence-corrected chi connectivity index (χ2v) is 5.86. The van der Waals surface area contributed by atoms with Crippen molar-refractivity contribution in [1.29, 1.82) is 0 Å². The Morgan fingerprint density at radius 3 is 2.84 bits per heavy atom. The third-order valence-electron chi connectivity index (χ3n) is 4.06. The molecule has 1 aliphatic rings. The van der Waals surface area contributed by atoms with Crippen LogP contribution in [0.15, 0.2) is 30.5 Å². The van der Waals surface area contributed by atoms with Crippen LogP contribution in [-0.2, 0) is 6.18 Å². The Morgan fingerprint density at radius 1 is 1.36 bits per heavy atom. The fraction of sp³-hybridized carbons (Fsp3) is 0.375. The van der Waals surface area contributed by atoms with Crippen molar-refractivity contribution < 1.29 is 23.1 Å². The van der Waals surface area contributed by atoms with Crippen LogP contribution in [-0.4, -0.2) is 33.9 Å². The van der Waals surface area contributed by atoms with E-state index in [0.717, 1.165) is 38.1 Å². The summed E-state index contributed by atoms with van der Waals surface area (Å²) in [5.41, 5.74) is -1.20. The predicted molar refractivity (Wildman–Crippen MR) is 84.4 cm³/mol. The number of nitrogens with zero attached hydrogens (tertiary/aromatic N) is 2. The van der Waals surface area contributed by atoms with Gasteiger partial charge >= 0.3 is 6.18 Å². The summed E-state index contributed by atoms with van der Waals surface area (Å²) in [7, 11) is 0. The number of anilines is 1. The van der Waals surface area contributed by atoms with Gasteiger partial charge in [-0.3, -0.25) is 9.48 Å². The highest BCUT2D eigenvalue weighted by atomic mass is 19.4. The van der Waals surface area contributed by atoms with Crippen LogP contribution in [0.3, 0.4) is 0 Å².